The van der Waals surface area contributed by atoms with Crippen LogP contribution in [0.4, 0.5) is 4.79 Å². The average molecular weight is 603 g/mol. The van der Waals surface area contributed by atoms with Crippen molar-refractivity contribution in [3.05, 3.63) is 60.2 Å². The zero-order chi connectivity index (χ0) is 31.3. The average Bonchev–Trinajstić information content (AvgIpc) is 2.92. The maximum Gasteiger partial charge on any atom is 0.408 e. The first kappa shape index (κ1) is 34.6. The molecule has 0 aliphatic heterocycles. The number of rotatable bonds is 13. The minimum Gasteiger partial charge on any atom is -0.467 e. The van der Waals surface area contributed by atoms with Crippen LogP contribution >= 0.6 is 11.8 Å². The number of nitrogens with one attached hydrogen (secondary N) is 2. The van der Waals surface area contributed by atoms with Crippen molar-refractivity contribution in [2.24, 2.45) is 0 Å². The molecule has 0 aromatic heterocycles. The van der Waals surface area contributed by atoms with E-state index in [-0.39, 0.29) is 19.0 Å². The Morgan fingerprint density at radius 1 is 0.833 bits per heavy atom. The van der Waals surface area contributed by atoms with Crippen LogP contribution in [-0.2, 0) is 28.5 Å². The van der Waals surface area contributed by atoms with Gasteiger partial charge in [-0.25, -0.2) is 14.4 Å². The molecule has 0 unspecified atom stereocenters. The smallest absolute Gasteiger partial charge is 0.408 e. The third-order valence-electron chi connectivity index (χ3n) is 5.44. The normalized spacial score (nSPS) is 12.9. The van der Waals surface area contributed by atoms with Crippen LogP contribution in [0, 0.1) is 0 Å². The van der Waals surface area contributed by atoms with Crippen LogP contribution in [0.2, 0.25) is 0 Å². The van der Waals surface area contributed by atoms with Gasteiger partial charge in [0.15, 0.2) is 6.04 Å². The summed E-state index contributed by atoms with van der Waals surface area (Å²) in [5.74, 6) is -1.28. The lowest BCUT2D eigenvalue weighted by atomic mass is 10.0. The lowest BCUT2D eigenvalue weighted by Crippen LogP contribution is -2.55. The second kappa shape index (κ2) is 16.2. The molecule has 2 rings (SSSR count). The maximum atomic E-state index is 13.2. The molecule has 230 valence electrons. The zero-order valence-electron chi connectivity index (χ0n) is 25.4. The highest BCUT2D eigenvalue weighted by Crippen LogP contribution is 2.20. The topological polar surface area (TPSA) is 129 Å². The van der Waals surface area contributed by atoms with E-state index >= 15 is 0 Å². The van der Waals surface area contributed by atoms with Crippen LogP contribution in [0.3, 0.4) is 0 Å². The summed E-state index contributed by atoms with van der Waals surface area (Å²) >= 11 is 1.29. The predicted octanol–water partition coefficient (Wildman–Crippen LogP) is 4.61. The van der Waals surface area contributed by atoms with E-state index in [0.717, 1.165) is 11.1 Å². The van der Waals surface area contributed by atoms with Gasteiger partial charge in [-0.15, -0.1) is 0 Å². The van der Waals surface area contributed by atoms with Crippen molar-refractivity contribution in [1.82, 2.24) is 10.6 Å². The van der Waals surface area contributed by atoms with Crippen molar-refractivity contribution in [1.29, 1.82) is 0 Å². The van der Waals surface area contributed by atoms with Crippen molar-refractivity contribution in [3.8, 4) is 11.1 Å². The summed E-state index contributed by atoms with van der Waals surface area (Å²) in [5.41, 5.74) is 0.987. The molecule has 0 bridgehead atoms. The van der Waals surface area contributed by atoms with Crippen molar-refractivity contribution < 1.29 is 38.1 Å². The van der Waals surface area contributed by atoms with Crippen LogP contribution < -0.4 is 10.6 Å². The molecule has 42 heavy (non-hydrogen) atoms. The van der Waals surface area contributed by atoms with E-state index in [9.17, 15) is 19.2 Å². The molecule has 0 saturated heterocycles. The summed E-state index contributed by atoms with van der Waals surface area (Å²) in [6.07, 6.45) is -0.784. The second-order valence-electron chi connectivity index (χ2n) is 11.4. The van der Waals surface area contributed by atoms with Gasteiger partial charge in [0.2, 0.25) is 5.91 Å². The van der Waals surface area contributed by atoms with E-state index in [1.165, 1.54) is 18.9 Å². The first-order chi connectivity index (χ1) is 19.7. The Balaban J connectivity index is 1.98. The van der Waals surface area contributed by atoms with Crippen LogP contribution in [-0.4, -0.2) is 79.1 Å². The number of hydrogen-bond acceptors (Lipinski definition) is 9. The fourth-order valence-corrected chi connectivity index (χ4v) is 4.32. The minimum absolute atomic E-state index is 0.0874. The number of thioether (sulfide) groups is 1. The van der Waals surface area contributed by atoms with Gasteiger partial charge in [-0.1, -0.05) is 42.5 Å². The molecule has 0 heterocycles. The lowest BCUT2D eigenvalue weighted by molar-refractivity contribution is -0.148. The molecule has 2 atom stereocenters. The largest absolute Gasteiger partial charge is 0.467 e. The van der Waals surface area contributed by atoms with Crippen LogP contribution in [0.25, 0.3) is 11.1 Å². The Kier molecular flexibility index (Phi) is 13.3. The Morgan fingerprint density at radius 3 is 2.12 bits per heavy atom. The van der Waals surface area contributed by atoms with Crippen LogP contribution in [0.1, 0.15) is 51.9 Å². The van der Waals surface area contributed by atoms with E-state index in [1.807, 2.05) is 57.2 Å². The molecule has 10 nitrogen and oxygen atoms in total. The van der Waals surface area contributed by atoms with Gasteiger partial charge in [0, 0.05) is 11.5 Å². The molecule has 0 radical (unpaired) electrons. The molecule has 0 aliphatic carbocycles. The molecule has 0 saturated carbocycles. The molecule has 2 amide bonds. The number of hydrogen-bond donors (Lipinski definition) is 2. The third-order valence-corrected chi connectivity index (χ3v) is 6.47. The Labute approximate surface area is 252 Å². The van der Waals surface area contributed by atoms with Gasteiger partial charge in [0.1, 0.15) is 18.2 Å². The second-order valence-corrected chi connectivity index (χ2v) is 12.5. The van der Waals surface area contributed by atoms with Gasteiger partial charge in [-0.05, 0) is 64.8 Å². The Hall–Kier alpha value is -3.57. The van der Waals surface area contributed by atoms with E-state index in [0.29, 0.717) is 11.3 Å². The fourth-order valence-electron chi connectivity index (χ4n) is 3.48. The van der Waals surface area contributed by atoms with Crippen molar-refractivity contribution in [2.75, 3.05) is 31.8 Å². The standard InChI is InChI=1S/C31H42N2O8S/c1-30(2,3)40-19-24(28(36)38-7)32-26(34)25(33-29(37)41-31(4,5)6)20-42-17-16-39-27(35)23-15-11-14-22(18-23)21-12-9-8-10-13-21/h8-15,18,24-25H,16-17,19-20H2,1-7H3,(H,32,34)(H,33,37)/t24-,25-/m0/s1. The molecular weight excluding hydrogens is 560 g/mol. The fraction of sp³-hybridized carbons (Fsp3) is 0.484. The molecular formula is C31H42N2O8S. The predicted molar refractivity (Wildman–Crippen MR) is 162 cm³/mol. The summed E-state index contributed by atoms with van der Waals surface area (Å²) in [4.78, 5) is 50.6. The van der Waals surface area contributed by atoms with E-state index < -0.39 is 47.2 Å². The summed E-state index contributed by atoms with van der Waals surface area (Å²) in [5, 5.41) is 5.16. The Morgan fingerprint density at radius 2 is 1.50 bits per heavy atom. The van der Waals surface area contributed by atoms with Crippen molar-refractivity contribution in [3.63, 3.8) is 0 Å². The van der Waals surface area contributed by atoms with Gasteiger partial charge in [0.25, 0.3) is 0 Å². The quantitative estimate of drug-likeness (QED) is 0.192. The van der Waals surface area contributed by atoms with Crippen LogP contribution in [0.5, 0.6) is 0 Å². The van der Waals surface area contributed by atoms with Gasteiger partial charge in [-0.2, -0.15) is 11.8 Å². The number of benzene rings is 2. The Bertz CT molecular complexity index is 1190. The first-order valence-electron chi connectivity index (χ1n) is 13.6. The molecule has 11 heteroatoms. The molecule has 0 aliphatic rings. The highest BCUT2D eigenvalue weighted by atomic mass is 32.2. The van der Waals surface area contributed by atoms with E-state index in [1.54, 1.807) is 39.0 Å². The number of methoxy groups -OCH3 is 1. The number of amides is 2. The monoisotopic (exact) mass is 602 g/mol. The molecule has 2 aromatic carbocycles. The maximum absolute atomic E-state index is 13.2. The molecule has 0 spiro atoms. The third kappa shape index (κ3) is 12.9. The molecule has 0 fully saturated rings. The summed E-state index contributed by atoms with van der Waals surface area (Å²) in [6.45, 7) is 10.5. The van der Waals surface area contributed by atoms with Gasteiger partial charge in [0.05, 0.1) is 24.9 Å². The van der Waals surface area contributed by atoms with Crippen molar-refractivity contribution >= 4 is 35.7 Å². The van der Waals surface area contributed by atoms with Gasteiger partial charge in [-0.3, -0.25) is 4.79 Å². The number of ether oxygens (including phenoxy) is 4. The highest BCUT2D eigenvalue weighted by Gasteiger charge is 2.30. The van der Waals surface area contributed by atoms with Gasteiger partial charge < -0.3 is 29.6 Å². The zero-order valence-corrected chi connectivity index (χ0v) is 26.2. The number of esters is 2. The van der Waals surface area contributed by atoms with Gasteiger partial charge >= 0.3 is 18.0 Å². The highest BCUT2D eigenvalue weighted by molar-refractivity contribution is 7.99. The van der Waals surface area contributed by atoms with Crippen molar-refractivity contribution in [2.45, 2.75) is 64.8 Å². The number of alkyl carbamates (subject to hydrolysis) is 1. The lowest BCUT2D eigenvalue weighted by Gasteiger charge is -2.26. The minimum atomic E-state index is -1.08. The number of carbonyl (C=O) groups excluding carboxylic acids is 4. The van der Waals surface area contributed by atoms with E-state index in [2.05, 4.69) is 10.6 Å². The molecule has 2 aromatic rings. The first-order valence-corrected chi connectivity index (χ1v) is 14.8. The SMILES string of the molecule is COC(=O)[C@H](COC(C)(C)C)NC(=O)[C@H](CSCCOC(=O)c1cccc(-c2ccccc2)c1)NC(=O)OC(C)(C)C. The summed E-state index contributed by atoms with van der Waals surface area (Å²) < 4.78 is 21.2. The number of carbonyl (C=O) groups is 4. The van der Waals surface area contributed by atoms with Crippen LogP contribution in [0.15, 0.2) is 54.6 Å². The van der Waals surface area contributed by atoms with E-state index in [4.69, 9.17) is 18.9 Å². The summed E-state index contributed by atoms with van der Waals surface area (Å²) in [7, 11) is 1.21. The summed E-state index contributed by atoms with van der Waals surface area (Å²) in [6, 6.07) is 14.8. The molecule has 2 N–H and O–H groups in total.